The summed E-state index contributed by atoms with van der Waals surface area (Å²) in [4.78, 5) is 23.4. The lowest BCUT2D eigenvalue weighted by molar-refractivity contribution is -0.115. The van der Waals surface area contributed by atoms with Crippen molar-refractivity contribution in [3.63, 3.8) is 0 Å². The molecule has 0 aliphatic rings. The average Bonchev–Trinajstić information content (AvgIpc) is 2.55. The molecule has 114 valence electrons. The summed E-state index contributed by atoms with van der Waals surface area (Å²) in [6, 6.07) is 15.4. The summed E-state index contributed by atoms with van der Waals surface area (Å²) in [6.07, 6.45) is 2.98. The predicted octanol–water partition coefficient (Wildman–Crippen LogP) is 4.09. The monoisotopic (exact) mass is 324 g/mol. The van der Waals surface area contributed by atoms with Gasteiger partial charge in [-0.2, -0.15) is 5.26 Å². The van der Waals surface area contributed by atoms with Crippen molar-refractivity contribution in [1.82, 2.24) is 0 Å². The molecule has 0 saturated heterocycles. The minimum atomic E-state index is -0.380. The van der Waals surface area contributed by atoms with Gasteiger partial charge in [0.15, 0.2) is 5.78 Å². The number of nitrogens with zero attached hydrogens (tertiary/aromatic N) is 1. The Labute approximate surface area is 139 Å². The summed E-state index contributed by atoms with van der Waals surface area (Å²) in [5.74, 6) is -0.524. The van der Waals surface area contributed by atoms with Crippen molar-refractivity contribution in [1.29, 1.82) is 5.26 Å². The fourth-order valence-corrected chi connectivity index (χ4v) is 1.96. The molecule has 0 saturated carbocycles. The number of benzene rings is 2. The van der Waals surface area contributed by atoms with E-state index in [1.54, 1.807) is 48.5 Å². The minimum Gasteiger partial charge on any atom is -0.325 e. The normalized spacial score (nSPS) is 10.3. The van der Waals surface area contributed by atoms with E-state index in [2.05, 4.69) is 5.32 Å². The molecule has 2 aromatic rings. The first-order chi connectivity index (χ1) is 11.1. The Hall–Kier alpha value is -2.90. The zero-order chi connectivity index (χ0) is 16.7. The van der Waals surface area contributed by atoms with Crippen molar-refractivity contribution in [3.05, 3.63) is 70.8 Å². The summed E-state index contributed by atoms with van der Waals surface area (Å²) in [6.45, 7) is 0. The van der Waals surface area contributed by atoms with Crippen molar-refractivity contribution in [3.8, 4) is 6.07 Å². The van der Waals surface area contributed by atoms with Gasteiger partial charge in [0.05, 0.1) is 6.07 Å². The number of nitriles is 1. The molecular weight excluding hydrogens is 312 g/mol. The van der Waals surface area contributed by atoms with Gasteiger partial charge in [-0.1, -0.05) is 29.8 Å². The lowest BCUT2D eigenvalue weighted by atomic mass is 10.1. The van der Waals surface area contributed by atoms with Crippen LogP contribution in [0.3, 0.4) is 0 Å². The van der Waals surface area contributed by atoms with Crippen LogP contribution in [0.25, 0.3) is 6.08 Å². The second-order valence-electron chi connectivity index (χ2n) is 4.71. The van der Waals surface area contributed by atoms with Crippen LogP contribution in [0, 0.1) is 11.3 Å². The van der Waals surface area contributed by atoms with Crippen molar-refractivity contribution in [2.45, 2.75) is 6.42 Å². The molecule has 0 fully saturated rings. The third kappa shape index (κ3) is 5.10. The number of rotatable bonds is 5. The Morgan fingerprint density at radius 2 is 1.74 bits per heavy atom. The number of hydrogen-bond donors (Lipinski definition) is 1. The molecule has 2 aromatic carbocycles. The SMILES string of the molecule is N#CCC(=O)Nc1ccc(C(=O)/C=C/c2ccc(Cl)cc2)cc1. The van der Waals surface area contributed by atoms with Crippen molar-refractivity contribution in [2.24, 2.45) is 0 Å². The van der Waals surface area contributed by atoms with E-state index in [1.807, 2.05) is 12.1 Å². The fraction of sp³-hybridized carbons (Fsp3) is 0.0556. The van der Waals surface area contributed by atoms with Crippen molar-refractivity contribution in [2.75, 3.05) is 5.32 Å². The molecule has 5 heteroatoms. The van der Waals surface area contributed by atoms with E-state index in [0.717, 1.165) is 5.56 Å². The van der Waals surface area contributed by atoms with Gasteiger partial charge in [-0.3, -0.25) is 9.59 Å². The van der Waals surface area contributed by atoms with E-state index in [0.29, 0.717) is 16.3 Å². The van der Waals surface area contributed by atoms with Gasteiger partial charge in [-0.05, 0) is 48.0 Å². The van der Waals surface area contributed by atoms with Crippen molar-refractivity contribution >= 4 is 35.1 Å². The molecule has 1 amide bonds. The zero-order valence-corrected chi connectivity index (χ0v) is 12.9. The highest BCUT2D eigenvalue weighted by atomic mass is 35.5. The number of nitrogens with one attached hydrogen (secondary N) is 1. The predicted molar refractivity (Wildman–Crippen MR) is 90.1 cm³/mol. The number of ketones is 1. The number of amides is 1. The minimum absolute atomic E-state index is 0.144. The summed E-state index contributed by atoms with van der Waals surface area (Å²) in [7, 11) is 0. The molecule has 0 atom stereocenters. The number of halogens is 1. The maximum absolute atomic E-state index is 12.1. The number of carbonyl (C=O) groups is 2. The number of allylic oxidation sites excluding steroid dienone is 1. The molecule has 0 heterocycles. The highest BCUT2D eigenvalue weighted by Crippen LogP contribution is 2.13. The van der Waals surface area contributed by atoms with Crippen LogP contribution in [-0.2, 0) is 4.79 Å². The molecule has 0 unspecified atom stereocenters. The molecule has 0 aliphatic heterocycles. The summed E-state index contributed by atoms with van der Waals surface area (Å²) < 4.78 is 0. The highest BCUT2D eigenvalue weighted by Gasteiger charge is 2.04. The van der Waals surface area contributed by atoms with Crippen LogP contribution in [0.4, 0.5) is 5.69 Å². The Kier molecular flexibility index (Phi) is 5.67. The first kappa shape index (κ1) is 16.5. The largest absolute Gasteiger partial charge is 0.325 e. The van der Waals surface area contributed by atoms with Gasteiger partial charge in [0, 0.05) is 16.3 Å². The Bertz CT molecular complexity index is 772. The molecule has 0 aromatic heterocycles. The third-order valence-corrected chi connectivity index (χ3v) is 3.24. The van der Waals surface area contributed by atoms with Gasteiger partial charge >= 0.3 is 0 Å². The smallest absolute Gasteiger partial charge is 0.238 e. The number of anilines is 1. The van der Waals surface area contributed by atoms with Crippen LogP contribution < -0.4 is 5.32 Å². The van der Waals surface area contributed by atoms with Crippen LogP contribution in [0.5, 0.6) is 0 Å². The van der Waals surface area contributed by atoms with Gasteiger partial charge < -0.3 is 5.32 Å². The molecule has 0 bridgehead atoms. The number of carbonyl (C=O) groups excluding carboxylic acids is 2. The zero-order valence-electron chi connectivity index (χ0n) is 12.1. The Morgan fingerprint density at radius 3 is 2.35 bits per heavy atom. The standard InChI is InChI=1S/C18H13ClN2O2/c19-15-6-1-13(2-7-15)3-10-17(22)14-4-8-16(9-5-14)21-18(23)11-12-20/h1-10H,11H2,(H,21,23)/b10-3+. The maximum Gasteiger partial charge on any atom is 0.238 e. The van der Waals surface area contributed by atoms with Crippen LogP contribution in [0.2, 0.25) is 5.02 Å². The van der Waals surface area contributed by atoms with Crippen molar-refractivity contribution < 1.29 is 9.59 Å². The van der Waals surface area contributed by atoms with E-state index in [4.69, 9.17) is 16.9 Å². The topological polar surface area (TPSA) is 70.0 Å². The lowest BCUT2D eigenvalue weighted by Gasteiger charge is -2.03. The van der Waals surface area contributed by atoms with Crippen LogP contribution >= 0.6 is 11.6 Å². The molecular formula is C18H13ClN2O2. The van der Waals surface area contributed by atoms with Gasteiger partial charge in [0.2, 0.25) is 5.91 Å². The average molecular weight is 325 g/mol. The summed E-state index contributed by atoms with van der Waals surface area (Å²) in [5.41, 5.74) is 1.93. The first-order valence-corrected chi connectivity index (χ1v) is 7.21. The van der Waals surface area contributed by atoms with Gasteiger partial charge in [-0.15, -0.1) is 0 Å². The van der Waals surface area contributed by atoms with Crippen LogP contribution in [-0.4, -0.2) is 11.7 Å². The molecule has 2 rings (SSSR count). The molecule has 0 spiro atoms. The third-order valence-electron chi connectivity index (χ3n) is 2.99. The fourth-order valence-electron chi connectivity index (χ4n) is 1.84. The Morgan fingerprint density at radius 1 is 1.09 bits per heavy atom. The molecule has 0 radical (unpaired) electrons. The Balaban J connectivity index is 2.01. The molecule has 0 aliphatic carbocycles. The summed E-state index contributed by atoms with van der Waals surface area (Å²) in [5, 5.41) is 11.6. The number of hydrogen-bond acceptors (Lipinski definition) is 3. The van der Waals surface area contributed by atoms with Gasteiger partial charge in [0.1, 0.15) is 6.42 Å². The second kappa shape index (κ2) is 7.92. The van der Waals surface area contributed by atoms with E-state index in [1.165, 1.54) is 6.08 Å². The van der Waals surface area contributed by atoms with Gasteiger partial charge in [0.25, 0.3) is 0 Å². The van der Waals surface area contributed by atoms with Crippen LogP contribution in [0.1, 0.15) is 22.3 Å². The molecule has 23 heavy (non-hydrogen) atoms. The van der Waals surface area contributed by atoms with E-state index < -0.39 is 0 Å². The van der Waals surface area contributed by atoms with E-state index in [9.17, 15) is 9.59 Å². The van der Waals surface area contributed by atoms with E-state index >= 15 is 0 Å². The van der Waals surface area contributed by atoms with Gasteiger partial charge in [-0.25, -0.2) is 0 Å². The quantitative estimate of drug-likeness (QED) is 0.665. The lowest BCUT2D eigenvalue weighted by Crippen LogP contribution is -2.10. The molecule has 4 nitrogen and oxygen atoms in total. The molecule has 1 N–H and O–H groups in total. The highest BCUT2D eigenvalue weighted by molar-refractivity contribution is 6.30. The van der Waals surface area contributed by atoms with Crippen LogP contribution in [0.15, 0.2) is 54.6 Å². The summed E-state index contributed by atoms with van der Waals surface area (Å²) >= 11 is 5.80. The second-order valence-corrected chi connectivity index (χ2v) is 5.15. The maximum atomic E-state index is 12.1. The first-order valence-electron chi connectivity index (χ1n) is 6.83. The van der Waals surface area contributed by atoms with E-state index in [-0.39, 0.29) is 18.1 Å².